The largest absolute Gasteiger partial charge is 0.444 e. The predicted molar refractivity (Wildman–Crippen MR) is 170 cm³/mol. The summed E-state index contributed by atoms with van der Waals surface area (Å²) in [6.45, 7) is 5.19. The lowest BCUT2D eigenvalue weighted by Gasteiger charge is -2.32. The maximum Gasteiger partial charge on any atom is 0.408 e. The molecule has 0 unspecified atom stereocenters. The van der Waals surface area contributed by atoms with Crippen LogP contribution in [0, 0.1) is 5.92 Å². The van der Waals surface area contributed by atoms with Crippen molar-refractivity contribution in [1.29, 1.82) is 0 Å². The van der Waals surface area contributed by atoms with Gasteiger partial charge in [0.25, 0.3) is 0 Å². The van der Waals surface area contributed by atoms with Crippen LogP contribution >= 0.6 is 0 Å². The molecule has 0 radical (unpaired) electrons. The lowest BCUT2D eigenvalue weighted by Crippen LogP contribution is -2.58. The van der Waals surface area contributed by atoms with E-state index in [0.717, 1.165) is 37.7 Å². The first-order chi connectivity index (χ1) is 21.3. The second-order valence-corrected chi connectivity index (χ2v) is 13.1. The number of rotatable bonds is 14. The summed E-state index contributed by atoms with van der Waals surface area (Å²) in [5, 5.41) is 19.6. The second kappa shape index (κ2) is 17.0. The number of H-pyrrole nitrogens is 1. The van der Waals surface area contributed by atoms with Crippen LogP contribution in [0.2, 0.25) is 0 Å². The van der Waals surface area contributed by atoms with Gasteiger partial charge in [-0.05, 0) is 38.7 Å². The van der Waals surface area contributed by atoms with Crippen LogP contribution in [0.15, 0.2) is 42.9 Å². The molecule has 45 heavy (non-hydrogen) atoms. The lowest BCUT2D eigenvalue weighted by atomic mass is 9.83. The number of carbonyl (C=O) groups excluding carboxylic acids is 4. The molecule has 1 saturated carbocycles. The normalized spacial score (nSPS) is 16.5. The third kappa shape index (κ3) is 12.5. The van der Waals surface area contributed by atoms with E-state index in [1.54, 1.807) is 41.1 Å². The first-order valence-corrected chi connectivity index (χ1v) is 15.8. The SMILES string of the molecule is CN(C)C(=O)C[C@H](O)[C@H](CC1CCCCC1)NC(=O)[C@H](Cc1cnc[nH]1)NC(=O)[C@H](Cc1ccccc1)NC(=O)OC(C)(C)C. The molecule has 0 bridgehead atoms. The van der Waals surface area contributed by atoms with Gasteiger partial charge in [-0.15, -0.1) is 0 Å². The van der Waals surface area contributed by atoms with E-state index in [1.165, 1.54) is 11.2 Å². The van der Waals surface area contributed by atoms with Crippen molar-refractivity contribution in [3.63, 3.8) is 0 Å². The average Bonchev–Trinajstić information content (AvgIpc) is 3.49. The van der Waals surface area contributed by atoms with Crippen molar-refractivity contribution in [2.24, 2.45) is 5.92 Å². The Morgan fingerprint density at radius 2 is 1.62 bits per heavy atom. The molecule has 0 aliphatic heterocycles. The quantitative estimate of drug-likeness (QED) is 0.215. The van der Waals surface area contributed by atoms with Crippen LogP contribution in [0.25, 0.3) is 0 Å². The van der Waals surface area contributed by atoms with E-state index in [0.29, 0.717) is 18.0 Å². The van der Waals surface area contributed by atoms with Crippen LogP contribution in [0.5, 0.6) is 0 Å². The van der Waals surface area contributed by atoms with Crippen molar-refractivity contribution in [3.05, 3.63) is 54.1 Å². The summed E-state index contributed by atoms with van der Waals surface area (Å²) in [6, 6.07) is 6.43. The number of amides is 4. The van der Waals surface area contributed by atoms with Gasteiger partial charge in [-0.3, -0.25) is 14.4 Å². The van der Waals surface area contributed by atoms with Crippen molar-refractivity contribution in [1.82, 2.24) is 30.8 Å². The van der Waals surface area contributed by atoms with Crippen LogP contribution in [-0.4, -0.2) is 87.7 Å². The zero-order valence-electron chi connectivity index (χ0n) is 27.2. The van der Waals surface area contributed by atoms with Crippen molar-refractivity contribution in [2.75, 3.05) is 14.1 Å². The molecule has 248 valence electrons. The molecular formula is C33H50N6O6. The maximum atomic E-state index is 13.9. The van der Waals surface area contributed by atoms with Gasteiger partial charge in [-0.25, -0.2) is 9.78 Å². The minimum Gasteiger partial charge on any atom is -0.444 e. The van der Waals surface area contributed by atoms with Crippen molar-refractivity contribution >= 4 is 23.8 Å². The fraction of sp³-hybridized carbons (Fsp3) is 0.606. The Bertz CT molecular complexity index is 1220. The number of hydrogen-bond acceptors (Lipinski definition) is 7. The van der Waals surface area contributed by atoms with E-state index < -0.39 is 47.7 Å². The number of hydrogen-bond donors (Lipinski definition) is 5. The number of aliphatic hydroxyl groups excluding tert-OH is 1. The van der Waals surface area contributed by atoms with Gasteiger partial charge < -0.3 is 35.7 Å². The molecule has 0 saturated heterocycles. The molecule has 0 spiro atoms. The Hall–Kier alpha value is -3.93. The summed E-state index contributed by atoms with van der Waals surface area (Å²) >= 11 is 0. The standard InChI is InChI=1S/C33H50N6O6/c1-33(2,3)45-32(44)38-26(17-23-14-10-7-11-15-23)30(42)37-27(18-24-20-34-21-35-24)31(43)36-25(16-22-12-8-6-9-13-22)28(40)19-29(41)39(4)5/h7,10-11,14-15,20-22,25-28,40H,6,8-9,12-13,16-19H2,1-5H3,(H,34,35)(H,36,43)(H,37,42)(H,38,44)/t25-,26-,27-,28-/m0/s1. The van der Waals surface area contributed by atoms with Crippen LogP contribution in [-0.2, 0) is 32.0 Å². The summed E-state index contributed by atoms with van der Waals surface area (Å²) in [5.74, 6) is -1.02. The second-order valence-electron chi connectivity index (χ2n) is 13.1. The van der Waals surface area contributed by atoms with E-state index in [-0.39, 0.29) is 25.2 Å². The molecule has 1 fully saturated rings. The monoisotopic (exact) mass is 626 g/mol. The van der Waals surface area contributed by atoms with Gasteiger partial charge in [0.2, 0.25) is 17.7 Å². The number of nitrogens with one attached hydrogen (secondary N) is 4. The van der Waals surface area contributed by atoms with Gasteiger partial charge in [0.15, 0.2) is 0 Å². The molecule has 4 amide bonds. The van der Waals surface area contributed by atoms with Gasteiger partial charge in [-0.2, -0.15) is 0 Å². The lowest BCUT2D eigenvalue weighted by molar-refractivity contribution is -0.133. The number of benzene rings is 1. The van der Waals surface area contributed by atoms with E-state index in [4.69, 9.17) is 4.74 Å². The first kappa shape index (κ1) is 35.5. The highest BCUT2D eigenvalue weighted by Crippen LogP contribution is 2.28. The highest BCUT2D eigenvalue weighted by atomic mass is 16.6. The summed E-state index contributed by atoms with van der Waals surface area (Å²) in [5.41, 5.74) is 0.648. The highest BCUT2D eigenvalue weighted by molar-refractivity contribution is 5.91. The number of imidazole rings is 1. The molecule has 1 aliphatic carbocycles. The summed E-state index contributed by atoms with van der Waals surface area (Å²) < 4.78 is 5.41. The number of aromatic amines is 1. The zero-order chi connectivity index (χ0) is 33.0. The average molecular weight is 627 g/mol. The van der Waals surface area contributed by atoms with Gasteiger partial charge in [0.05, 0.1) is 24.9 Å². The Morgan fingerprint density at radius 3 is 2.22 bits per heavy atom. The minimum atomic E-state index is -1.10. The van der Waals surface area contributed by atoms with E-state index in [2.05, 4.69) is 25.9 Å². The molecule has 1 aromatic carbocycles. The van der Waals surface area contributed by atoms with Crippen LogP contribution < -0.4 is 16.0 Å². The third-order valence-corrected chi connectivity index (χ3v) is 7.89. The molecule has 12 nitrogen and oxygen atoms in total. The molecule has 1 aromatic heterocycles. The number of aliphatic hydroxyl groups is 1. The molecule has 3 rings (SSSR count). The summed E-state index contributed by atoms with van der Waals surface area (Å²) in [7, 11) is 3.24. The predicted octanol–water partition coefficient (Wildman–Crippen LogP) is 2.87. The fourth-order valence-electron chi connectivity index (χ4n) is 5.49. The molecule has 2 aromatic rings. The molecule has 1 aliphatic rings. The topological polar surface area (TPSA) is 166 Å². The Labute approximate surface area is 266 Å². The first-order valence-electron chi connectivity index (χ1n) is 15.8. The number of alkyl carbamates (subject to hydrolysis) is 1. The van der Waals surface area contributed by atoms with Crippen molar-refractivity contribution < 1.29 is 29.0 Å². The molecular weight excluding hydrogens is 576 g/mol. The van der Waals surface area contributed by atoms with Gasteiger partial charge >= 0.3 is 6.09 Å². The van der Waals surface area contributed by atoms with Gasteiger partial charge in [-0.1, -0.05) is 62.4 Å². The number of aromatic nitrogens is 2. The molecule has 5 N–H and O–H groups in total. The van der Waals surface area contributed by atoms with E-state index in [9.17, 15) is 24.3 Å². The molecule has 1 heterocycles. The van der Waals surface area contributed by atoms with Crippen molar-refractivity contribution in [3.8, 4) is 0 Å². The van der Waals surface area contributed by atoms with Crippen LogP contribution in [0.4, 0.5) is 4.79 Å². The maximum absolute atomic E-state index is 13.9. The summed E-state index contributed by atoms with van der Waals surface area (Å²) in [6.07, 6.45) is 7.15. The van der Waals surface area contributed by atoms with Crippen LogP contribution in [0.1, 0.15) is 77.0 Å². The molecule has 4 atom stereocenters. The highest BCUT2D eigenvalue weighted by Gasteiger charge is 2.33. The Kier molecular flexibility index (Phi) is 13.4. The third-order valence-electron chi connectivity index (χ3n) is 7.89. The minimum absolute atomic E-state index is 0.0882. The van der Waals surface area contributed by atoms with Crippen LogP contribution in [0.3, 0.4) is 0 Å². The van der Waals surface area contributed by atoms with E-state index in [1.807, 2.05) is 30.3 Å². The Morgan fingerprint density at radius 1 is 0.978 bits per heavy atom. The number of nitrogens with zero attached hydrogens (tertiary/aromatic N) is 2. The number of carbonyl (C=O) groups is 4. The van der Waals surface area contributed by atoms with E-state index >= 15 is 0 Å². The fourth-order valence-corrected chi connectivity index (χ4v) is 5.49. The van der Waals surface area contributed by atoms with Gasteiger partial charge in [0.1, 0.15) is 17.7 Å². The smallest absolute Gasteiger partial charge is 0.408 e. The zero-order valence-corrected chi connectivity index (χ0v) is 27.2. The number of ether oxygens (including phenoxy) is 1. The molecule has 12 heteroatoms. The van der Waals surface area contributed by atoms with Crippen molar-refractivity contribution in [2.45, 2.75) is 108 Å². The Balaban J connectivity index is 1.83. The van der Waals surface area contributed by atoms with Gasteiger partial charge in [0, 0.05) is 38.8 Å². The summed E-state index contributed by atoms with van der Waals surface area (Å²) in [4.78, 5) is 61.3.